The Balaban J connectivity index is 1.79. The molecule has 2 nitrogen and oxygen atoms in total. The highest BCUT2D eigenvalue weighted by molar-refractivity contribution is 5.40. The maximum Gasteiger partial charge on any atom is 0.129 e. The molecule has 2 heterocycles. The number of para-hydroxylation sites is 1. The molecule has 1 saturated heterocycles. The van der Waals surface area contributed by atoms with Gasteiger partial charge in [-0.2, -0.15) is 0 Å². The molecule has 0 radical (unpaired) electrons. The van der Waals surface area contributed by atoms with E-state index in [0.717, 1.165) is 18.8 Å². The molecule has 3 atom stereocenters. The molecule has 96 valence electrons. The quantitative estimate of drug-likeness (QED) is 0.766. The predicted octanol–water partition coefficient (Wildman–Crippen LogP) is 3.90. The molecule has 2 aromatic rings. The summed E-state index contributed by atoms with van der Waals surface area (Å²) >= 11 is 0. The molecule has 4 rings (SSSR count). The van der Waals surface area contributed by atoms with E-state index in [4.69, 9.17) is 9.47 Å². The van der Waals surface area contributed by atoms with Crippen LogP contribution in [-0.4, -0.2) is 6.61 Å². The number of ether oxygens (including phenoxy) is 2. The van der Waals surface area contributed by atoms with Crippen molar-refractivity contribution in [2.75, 3.05) is 6.61 Å². The molecule has 0 saturated carbocycles. The van der Waals surface area contributed by atoms with Crippen molar-refractivity contribution in [2.24, 2.45) is 5.92 Å². The van der Waals surface area contributed by atoms with Gasteiger partial charge in [-0.25, -0.2) is 0 Å². The van der Waals surface area contributed by atoms with Gasteiger partial charge in [0.15, 0.2) is 0 Å². The van der Waals surface area contributed by atoms with Crippen molar-refractivity contribution in [3.05, 3.63) is 65.7 Å². The minimum Gasteiger partial charge on any atom is -0.485 e. The van der Waals surface area contributed by atoms with E-state index >= 15 is 0 Å². The Morgan fingerprint density at radius 3 is 2.53 bits per heavy atom. The minimum atomic E-state index is 0.114. The van der Waals surface area contributed by atoms with Crippen molar-refractivity contribution >= 4 is 0 Å². The summed E-state index contributed by atoms with van der Waals surface area (Å²) in [6, 6.07) is 18.7. The molecule has 2 aliphatic heterocycles. The number of hydrogen-bond acceptors (Lipinski definition) is 2. The number of rotatable bonds is 1. The molecule has 2 heteroatoms. The van der Waals surface area contributed by atoms with Gasteiger partial charge in [-0.15, -0.1) is 0 Å². The van der Waals surface area contributed by atoms with Crippen LogP contribution in [0.25, 0.3) is 0 Å². The summed E-state index contributed by atoms with van der Waals surface area (Å²) in [6.07, 6.45) is 1.37. The third-order valence-electron chi connectivity index (χ3n) is 4.13. The highest BCUT2D eigenvalue weighted by atomic mass is 16.5. The largest absolute Gasteiger partial charge is 0.485 e. The van der Waals surface area contributed by atoms with Crippen molar-refractivity contribution in [3.63, 3.8) is 0 Å². The van der Waals surface area contributed by atoms with Gasteiger partial charge in [0.25, 0.3) is 0 Å². The summed E-state index contributed by atoms with van der Waals surface area (Å²) in [5, 5.41) is 0. The molecule has 2 aromatic carbocycles. The topological polar surface area (TPSA) is 18.5 Å². The Morgan fingerprint density at radius 2 is 1.63 bits per heavy atom. The summed E-state index contributed by atoms with van der Waals surface area (Å²) in [7, 11) is 0. The Labute approximate surface area is 113 Å². The molecule has 0 N–H and O–H groups in total. The van der Waals surface area contributed by atoms with E-state index in [2.05, 4.69) is 36.4 Å². The first-order valence-corrected chi connectivity index (χ1v) is 6.85. The van der Waals surface area contributed by atoms with Crippen molar-refractivity contribution in [3.8, 4) is 5.75 Å². The zero-order valence-corrected chi connectivity index (χ0v) is 10.7. The second-order valence-electron chi connectivity index (χ2n) is 5.23. The summed E-state index contributed by atoms with van der Waals surface area (Å²) in [5.41, 5.74) is 2.45. The monoisotopic (exact) mass is 252 g/mol. The van der Waals surface area contributed by atoms with Crippen LogP contribution in [-0.2, 0) is 4.74 Å². The first kappa shape index (κ1) is 11.1. The highest BCUT2D eigenvalue weighted by Gasteiger charge is 2.42. The van der Waals surface area contributed by atoms with Gasteiger partial charge in [0.2, 0.25) is 0 Å². The third-order valence-corrected chi connectivity index (χ3v) is 4.13. The van der Waals surface area contributed by atoms with Crippen LogP contribution in [0.1, 0.15) is 29.8 Å². The first-order valence-electron chi connectivity index (χ1n) is 6.85. The molecule has 2 aliphatic rings. The van der Waals surface area contributed by atoms with Crippen LogP contribution in [0.2, 0.25) is 0 Å². The van der Waals surface area contributed by atoms with E-state index in [9.17, 15) is 0 Å². The molecular formula is C17H16O2. The van der Waals surface area contributed by atoms with Crippen LogP contribution in [0.3, 0.4) is 0 Å². The Morgan fingerprint density at radius 1 is 0.842 bits per heavy atom. The average molecular weight is 252 g/mol. The molecule has 0 unspecified atom stereocenters. The highest BCUT2D eigenvalue weighted by Crippen LogP contribution is 2.50. The van der Waals surface area contributed by atoms with Gasteiger partial charge in [0.05, 0.1) is 6.10 Å². The lowest BCUT2D eigenvalue weighted by molar-refractivity contribution is 0.0184. The molecule has 0 amide bonds. The van der Waals surface area contributed by atoms with Crippen molar-refractivity contribution in [1.82, 2.24) is 0 Å². The van der Waals surface area contributed by atoms with E-state index in [1.54, 1.807) is 0 Å². The zero-order valence-electron chi connectivity index (χ0n) is 10.7. The molecule has 1 fully saturated rings. The summed E-state index contributed by atoms with van der Waals surface area (Å²) in [4.78, 5) is 0. The molecule has 0 bridgehead atoms. The predicted molar refractivity (Wildman–Crippen MR) is 73.1 cm³/mol. The Hall–Kier alpha value is -1.80. The Kier molecular flexibility index (Phi) is 2.56. The lowest BCUT2D eigenvalue weighted by Gasteiger charge is -2.35. The van der Waals surface area contributed by atoms with Crippen molar-refractivity contribution < 1.29 is 9.47 Å². The fraction of sp³-hybridized carbons (Fsp3) is 0.294. The van der Waals surface area contributed by atoms with Gasteiger partial charge in [-0.3, -0.25) is 0 Å². The van der Waals surface area contributed by atoms with E-state index in [0.29, 0.717) is 5.92 Å². The Bertz CT molecular complexity index is 579. The van der Waals surface area contributed by atoms with Gasteiger partial charge in [0, 0.05) is 18.1 Å². The van der Waals surface area contributed by atoms with Gasteiger partial charge in [-0.05, 0) is 18.1 Å². The summed E-state index contributed by atoms with van der Waals surface area (Å²) in [5.74, 6) is 1.40. The zero-order chi connectivity index (χ0) is 12.7. The lowest BCUT2D eigenvalue weighted by Crippen LogP contribution is -2.27. The molecule has 0 aromatic heterocycles. The molecular weight excluding hydrogens is 236 g/mol. The number of hydrogen-bond donors (Lipinski definition) is 0. The second-order valence-corrected chi connectivity index (χ2v) is 5.23. The smallest absolute Gasteiger partial charge is 0.129 e. The van der Waals surface area contributed by atoms with Gasteiger partial charge < -0.3 is 9.47 Å². The third kappa shape index (κ3) is 1.75. The second kappa shape index (κ2) is 4.39. The van der Waals surface area contributed by atoms with Crippen molar-refractivity contribution in [1.29, 1.82) is 0 Å². The molecule has 0 aliphatic carbocycles. The molecule has 0 spiro atoms. The maximum absolute atomic E-state index is 6.25. The normalized spacial score (nSPS) is 28.3. The summed E-state index contributed by atoms with van der Waals surface area (Å²) in [6.45, 7) is 0.830. The number of benzene rings is 2. The van der Waals surface area contributed by atoms with E-state index in [1.807, 2.05) is 18.2 Å². The SMILES string of the molecule is c1ccc([C@H]2Oc3ccccc3[C@@H]3OCC[C@H]23)cc1. The van der Waals surface area contributed by atoms with Gasteiger partial charge >= 0.3 is 0 Å². The van der Waals surface area contributed by atoms with Gasteiger partial charge in [-0.1, -0.05) is 48.5 Å². The van der Waals surface area contributed by atoms with Gasteiger partial charge in [0.1, 0.15) is 11.9 Å². The van der Waals surface area contributed by atoms with Crippen LogP contribution in [0, 0.1) is 5.92 Å². The van der Waals surface area contributed by atoms with Crippen LogP contribution >= 0.6 is 0 Å². The van der Waals surface area contributed by atoms with Crippen LogP contribution in [0.15, 0.2) is 54.6 Å². The van der Waals surface area contributed by atoms with E-state index < -0.39 is 0 Å². The van der Waals surface area contributed by atoms with E-state index in [1.165, 1.54) is 11.1 Å². The minimum absolute atomic E-state index is 0.114. The van der Waals surface area contributed by atoms with E-state index in [-0.39, 0.29) is 12.2 Å². The van der Waals surface area contributed by atoms with Crippen molar-refractivity contribution in [2.45, 2.75) is 18.6 Å². The average Bonchev–Trinajstić information content (AvgIpc) is 2.97. The standard InChI is InChI=1S/C17H16O2/c1-2-6-12(7-3-1)16-14-10-11-18-17(14)13-8-4-5-9-15(13)19-16/h1-9,14,16-17H,10-11H2/t14-,16-,17+/m1/s1. The first-order chi connectivity index (χ1) is 9.43. The fourth-order valence-electron chi connectivity index (χ4n) is 3.24. The van der Waals surface area contributed by atoms with Crippen LogP contribution < -0.4 is 4.74 Å². The lowest BCUT2D eigenvalue weighted by atomic mass is 9.84. The fourth-order valence-corrected chi connectivity index (χ4v) is 3.24. The molecule has 19 heavy (non-hydrogen) atoms. The summed E-state index contributed by atoms with van der Waals surface area (Å²) < 4.78 is 12.2. The van der Waals surface area contributed by atoms with Crippen LogP contribution in [0.5, 0.6) is 5.75 Å². The maximum atomic E-state index is 6.25. The van der Waals surface area contributed by atoms with Crippen LogP contribution in [0.4, 0.5) is 0 Å². The number of fused-ring (bicyclic) bond motifs is 3.